The van der Waals surface area contributed by atoms with Crippen molar-refractivity contribution in [2.24, 2.45) is 5.41 Å². The van der Waals surface area contributed by atoms with Gasteiger partial charge in [0, 0.05) is 25.2 Å². The van der Waals surface area contributed by atoms with E-state index in [1.807, 2.05) is 12.1 Å². The van der Waals surface area contributed by atoms with Gasteiger partial charge in [-0.2, -0.15) is 0 Å². The minimum atomic E-state index is -0.450. The molecule has 1 aromatic heterocycles. The number of hydrogen-bond donors (Lipinski definition) is 2. The fourth-order valence-electron chi connectivity index (χ4n) is 6.26. The number of para-hydroxylation sites is 1. The number of rotatable bonds is 2. The van der Waals surface area contributed by atoms with Crippen molar-refractivity contribution in [3.8, 4) is 5.75 Å². The number of ether oxygens (including phenoxy) is 1. The number of hydrogen-bond acceptors (Lipinski definition) is 6. The Labute approximate surface area is 217 Å². The lowest BCUT2D eigenvalue weighted by Crippen LogP contribution is -2.53. The minimum Gasteiger partial charge on any atom is -0.491 e. The van der Waals surface area contributed by atoms with E-state index in [2.05, 4.69) is 27.0 Å². The van der Waals surface area contributed by atoms with E-state index in [0.29, 0.717) is 43.8 Å². The number of anilines is 1. The van der Waals surface area contributed by atoms with Crippen molar-refractivity contribution in [1.82, 2.24) is 19.8 Å². The van der Waals surface area contributed by atoms with Crippen molar-refractivity contribution in [3.63, 3.8) is 0 Å². The summed E-state index contributed by atoms with van der Waals surface area (Å²) < 4.78 is 6.24. The van der Waals surface area contributed by atoms with E-state index < -0.39 is 5.41 Å². The molecule has 9 nitrogen and oxygen atoms in total. The molecule has 37 heavy (non-hydrogen) atoms. The summed E-state index contributed by atoms with van der Waals surface area (Å²) in [4.78, 5) is 49.9. The van der Waals surface area contributed by atoms with Crippen molar-refractivity contribution < 1.29 is 14.3 Å². The fraction of sp³-hybridized carbons (Fsp3) is 0.571. The highest BCUT2D eigenvalue weighted by atomic mass is 16.5. The number of benzene rings is 1. The van der Waals surface area contributed by atoms with Gasteiger partial charge in [-0.1, -0.05) is 24.6 Å². The van der Waals surface area contributed by atoms with E-state index in [9.17, 15) is 14.4 Å². The van der Waals surface area contributed by atoms with Crippen molar-refractivity contribution in [2.75, 3.05) is 32.0 Å². The van der Waals surface area contributed by atoms with Crippen LogP contribution in [0.15, 0.2) is 29.1 Å². The molecule has 2 aromatic rings. The zero-order chi connectivity index (χ0) is 26.0. The highest BCUT2D eigenvalue weighted by Crippen LogP contribution is 2.41. The molecule has 0 unspecified atom stereocenters. The number of likely N-dealkylation sites (tertiary alicyclic amines) is 1. The molecule has 3 aliphatic rings. The monoisotopic (exact) mass is 507 g/mol. The summed E-state index contributed by atoms with van der Waals surface area (Å²) in [5.41, 5.74) is 6.85. The maximum atomic E-state index is 14.1. The number of carbonyl (C=O) groups is 2. The zero-order valence-electron chi connectivity index (χ0n) is 21.6. The molecule has 1 atom stereocenters. The number of H-pyrrole nitrogens is 1. The van der Waals surface area contributed by atoms with Gasteiger partial charge in [-0.05, 0) is 63.5 Å². The highest BCUT2D eigenvalue weighted by Gasteiger charge is 2.46. The smallest absolute Gasteiger partial charge is 0.256 e. The summed E-state index contributed by atoms with van der Waals surface area (Å²) in [5.74, 6) is 1.11. The number of nitrogens with zero attached hydrogens (tertiary/aromatic N) is 3. The Balaban J connectivity index is 1.30. The highest BCUT2D eigenvalue weighted by molar-refractivity contribution is 5.84. The van der Waals surface area contributed by atoms with Gasteiger partial charge in [-0.3, -0.25) is 19.4 Å². The molecule has 0 radical (unpaired) electrons. The molecule has 1 spiro atoms. The molecule has 0 aliphatic carbocycles. The van der Waals surface area contributed by atoms with E-state index in [1.54, 1.807) is 11.8 Å². The SMILES string of the molecule is Cc1nc(N)[nH]c(=O)c1CC(=O)N1CCC2(CCCCc3ccccc3OC[C@@H]3CCCN3C2=O)CC1. The lowest BCUT2D eigenvalue weighted by molar-refractivity contribution is -0.150. The van der Waals surface area contributed by atoms with E-state index in [-0.39, 0.29) is 35.8 Å². The number of aromatic nitrogens is 2. The molecule has 2 amide bonds. The van der Waals surface area contributed by atoms with Gasteiger partial charge in [0.05, 0.1) is 23.6 Å². The fourth-order valence-corrected chi connectivity index (χ4v) is 6.26. The largest absolute Gasteiger partial charge is 0.491 e. The van der Waals surface area contributed by atoms with Gasteiger partial charge in [-0.25, -0.2) is 4.98 Å². The summed E-state index contributed by atoms with van der Waals surface area (Å²) in [6.45, 7) is 4.01. The molecule has 0 saturated carbocycles. The van der Waals surface area contributed by atoms with Crippen molar-refractivity contribution in [2.45, 2.75) is 70.8 Å². The molecule has 1 aromatic carbocycles. The van der Waals surface area contributed by atoms with Crippen molar-refractivity contribution >= 4 is 17.8 Å². The van der Waals surface area contributed by atoms with Crippen LogP contribution in [0.5, 0.6) is 5.75 Å². The van der Waals surface area contributed by atoms with Gasteiger partial charge in [0.15, 0.2) is 0 Å². The summed E-state index contributed by atoms with van der Waals surface area (Å²) in [7, 11) is 0. The standard InChI is InChI=1S/C28H37N5O4/c1-19-22(25(35)31-27(29)30-19)17-24(34)32-15-12-28(13-16-32)11-5-4-8-20-7-2-3-10-23(20)37-18-21-9-6-14-33(21)26(28)36/h2-3,7,10,21H,4-6,8-9,11-18H2,1H3,(H3,29,30,31,35)/t21-/m0/s1. The summed E-state index contributed by atoms with van der Waals surface area (Å²) in [6, 6.07) is 8.33. The third kappa shape index (κ3) is 5.22. The van der Waals surface area contributed by atoms with Crippen LogP contribution >= 0.6 is 0 Å². The molecule has 198 valence electrons. The maximum absolute atomic E-state index is 14.1. The van der Waals surface area contributed by atoms with E-state index in [0.717, 1.165) is 50.8 Å². The van der Waals surface area contributed by atoms with Crippen LogP contribution < -0.4 is 16.0 Å². The average molecular weight is 508 g/mol. The first-order valence-electron chi connectivity index (χ1n) is 13.5. The van der Waals surface area contributed by atoms with Crippen LogP contribution in [0.1, 0.15) is 61.8 Å². The van der Waals surface area contributed by atoms with Gasteiger partial charge in [0.25, 0.3) is 5.56 Å². The number of amides is 2. The second-order valence-electron chi connectivity index (χ2n) is 10.8. The number of nitrogens with two attached hydrogens (primary N) is 1. The Hall–Kier alpha value is -3.36. The number of fused-ring (bicyclic) bond motifs is 2. The first-order valence-corrected chi connectivity index (χ1v) is 13.5. The third-order valence-electron chi connectivity index (χ3n) is 8.49. The number of nitrogens with one attached hydrogen (secondary N) is 1. The van der Waals surface area contributed by atoms with Gasteiger partial charge in [0.2, 0.25) is 17.8 Å². The molecule has 4 heterocycles. The lowest BCUT2D eigenvalue weighted by atomic mass is 9.72. The molecule has 3 N–H and O–H groups in total. The quantitative estimate of drug-likeness (QED) is 0.645. The number of nitrogen functional groups attached to an aromatic ring is 1. The van der Waals surface area contributed by atoms with Crippen LogP contribution in [0.25, 0.3) is 0 Å². The predicted octanol–water partition coefficient (Wildman–Crippen LogP) is 2.61. The third-order valence-corrected chi connectivity index (χ3v) is 8.49. The topological polar surface area (TPSA) is 122 Å². The Kier molecular flexibility index (Phi) is 7.22. The lowest BCUT2D eigenvalue weighted by Gasteiger charge is -2.44. The maximum Gasteiger partial charge on any atom is 0.256 e. The molecule has 5 rings (SSSR count). The Morgan fingerprint density at radius 2 is 1.92 bits per heavy atom. The Morgan fingerprint density at radius 1 is 1.14 bits per heavy atom. The van der Waals surface area contributed by atoms with Gasteiger partial charge < -0.3 is 20.3 Å². The summed E-state index contributed by atoms with van der Waals surface area (Å²) in [6.07, 6.45) is 6.95. The number of carbonyl (C=O) groups excluding carboxylic acids is 2. The van der Waals surface area contributed by atoms with E-state index in [4.69, 9.17) is 10.5 Å². The summed E-state index contributed by atoms with van der Waals surface area (Å²) in [5, 5.41) is 0. The minimum absolute atomic E-state index is 0.0136. The van der Waals surface area contributed by atoms with Crippen LogP contribution in [0.3, 0.4) is 0 Å². The van der Waals surface area contributed by atoms with Gasteiger partial charge in [-0.15, -0.1) is 0 Å². The van der Waals surface area contributed by atoms with Crippen LogP contribution in [-0.4, -0.2) is 63.9 Å². The average Bonchev–Trinajstić information content (AvgIpc) is 3.35. The number of piperidine rings is 1. The molecule has 9 heteroatoms. The van der Waals surface area contributed by atoms with Gasteiger partial charge >= 0.3 is 0 Å². The molecule has 0 bridgehead atoms. The first kappa shape index (κ1) is 25.3. The normalized spacial score (nSPS) is 22.0. The second-order valence-corrected chi connectivity index (χ2v) is 10.8. The van der Waals surface area contributed by atoms with Crippen LogP contribution in [0, 0.1) is 12.3 Å². The molecule has 2 saturated heterocycles. The molecule has 3 aliphatic heterocycles. The number of aromatic amines is 1. The second kappa shape index (κ2) is 10.6. The van der Waals surface area contributed by atoms with Gasteiger partial charge in [0.1, 0.15) is 12.4 Å². The predicted molar refractivity (Wildman–Crippen MR) is 140 cm³/mol. The van der Waals surface area contributed by atoms with Crippen LogP contribution in [0.4, 0.5) is 5.95 Å². The van der Waals surface area contributed by atoms with Crippen LogP contribution in [-0.2, 0) is 22.4 Å². The first-order chi connectivity index (χ1) is 17.9. The van der Waals surface area contributed by atoms with E-state index in [1.165, 1.54) is 5.56 Å². The molecule has 2 fully saturated rings. The Bertz CT molecular complexity index is 1220. The molecular weight excluding hydrogens is 470 g/mol. The Morgan fingerprint density at radius 3 is 2.70 bits per heavy atom. The van der Waals surface area contributed by atoms with Crippen molar-refractivity contribution in [1.29, 1.82) is 0 Å². The van der Waals surface area contributed by atoms with Crippen LogP contribution in [0.2, 0.25) is 0 Å². The molecular formula is C28H37N5O4. The number of aryl methyl sites for hydroxylation is 2. The van der Waals surface area contributed by atoms with E-state index >= 15 is 0 Å². The zero-order valence-corrected chi connectivity index (χ0v) is 21.6. The summed E-state index contributed by atoms with van der Waals surface area (Å²) >= 11 is 0. The van der Waals surface area contributed by atoms with Crippen molar-refractivity contribution in [3.05, 3.63) is 51.4 Å².